The highest BCUT2D eigenvalue weighted by Crippen LogP contribution is 2.40. The van der Waals surface area contributed by atoms with Crippen LogP contribution in [-0.2, 0) is 14.3 Å². The lowest BCUT2D eigenvalue weighted by atomic mass is 9.95. The molecular formula is C23H24BrNO5. The van der Waals surface area contributed by atoms with Crippen LogP contribution in [0.3, 0.4) is 0 Å². The van der Waals surface area contributed by atoms with Crippen LogP contribution in [0.15, 0.2) is 58.6 Å². The summed E-state index contributed by atoms with van der Waals surface area (Å²) in [4.78, 5) is 27.3. The summed E-state index contributed by atoms with van der Waals surface area (Å²) in [6, 6.07) is 13.4. The number of hydrogen-bond acceptors (Lipinski definition) is 5. The fourth-order valence-corrected chi connectivity index (χ4v) is 3.94. The number of carbonyl (C=O) groups is 2. The zero-order valence-corrected chi connectivity index (χ0v) is 18.5. The number of hydrogen-bond donors (Lipinski definition) is 1. The molecule has 1 saturated heterocycles. The number of ketones is 1. The summed E-state index contributed by atoms with van der Waals surface area (Å²) < 4.78 is 11.4. The highest BCUT2D eigenvalue weighted by Gasteiger charge is 2.45. The molecule has 1 amide bonds. The van der Waals surface area contributed by atoms with Crippen molar-refractivity contribution in [2.24, 2.45) is 0 Å². The van der Waals surface area contributed by atoms with Gasteiger partial charge in [-0.3, -0.25) is 9.59 Å². The van der Waals surface area contributed by atoms with Crippen molar-refractivity contribution in [3.05, 3.63) is 69.7 Å². The first-order chi connectivity index (χ1) is 14.5. The Kier molecular flexibility index (Phi) is 7.29. The van der Waals surface area contributed by atoms with Gasteiger partial charge in [0.15, 0.2) is 0 Å². The molecule has 2 aromatic carbocycles. The first-order valence-corrected chi connectivity index (χ1v) is 10.5. The topological polar surface area (TPSA) is 76.1 Å². The van der Waals surface area contributed by atoms with Crippen LogP contribution in [0.2, 0.25) is 0 Å². The molecule has 1 aliphatic heterocycles. The monoisotopic (exact) mass is 473 g/mol. The molecule has 1 heterocycles. The maximum absolute atomic E-state index is 12.9. The minimum atomic E-state index is -0.690. The number of benzene rings is 2. The normalized spacial score (nSPS) is 18.1. The molecule has 2 aromatic rings. The molecule has 1 N–H and O–H groups in total. The van der Waals surface area contributed by atoms with Gasteiger partial charge in [0.05, 0.1) is 18.7 Å². The second-order valence-electron chi connectivity index (χ2n) is 6.83. The Morgan fingerprint density at radius 1 is 1.17 bits per heavy atom. The Morgan fingerprint density at radius 3 is 2.53 bits per heavy atom. The van der Waals surface area contributed by atoms with E-state index in [1.165, 1.54) is 4.90 Å². The molecule has 0 unspecified atom stereocenters. The van der Waals surface area contributed by atoms with Crippen LogP contribution in [0.5, 0.6) is 5.75 Å². The largest absolute Gasteiger partial charge is 0.507 e. The summed E-state index contributed by atoms with van der Waals surface area (Å²) in [6.07, 6.45) is 0.591. The van der Waals surface area contributed by atoms with E-state index in [2.05, 4.69) is 15.9 Å². The zero-order valence-electron chi connectivity index (χ0n) is 16.9. The molecule has 6 nitrogen and oxygen atoms in total. The molecule has 1 fully saturated rings. The summed E-state index contributed by atoms with van der Waals surface area (Å²) >= 11 is 3.45. The van der Waals surface area contributed by atoms with Crippen LogP contribution >= 0.6 is 15.9 Å². The van der Waals surface area contributed by atoms with Gasteiger partial charge in [0.25, 0.3) is 11.7 Å². The third-order valence-electron chi connectivity index (χ3n) is 4.96. The first-order valence-electron chi connectivity index (χ1n) is 9.74. The molecule has 0 spiro atoms. The Balaban J connectivity index is 2.06. The lowest BCUT2D eigenvalue weighted by molar-refractivity contribution is -0.140. The Morgan fingerprint density at radius 2 is 1.90 bits per heavy atom. The van der Waals surface area contributed by atoms with Crippen molar-refractivity contribution in [3.8, 4) is 5.75 Å². The van der Waals surface area contributed by atoms with Crippen molar-refractivity contribution in [2.75, 3.05) is 26.9 Å². The van der Waals surface area contributed by atoms with Gasteiger partial charge in [0.1, 0.15) is 11.5 Å². The van der Waals surface area contributed by atoms with Gasteiger partial charge in [-0.2, -0.15) is 0 Å². The van der Waals surface area contributed by atoms with E-state index in [9.17, 15) is 14.7 Å². The van der Waals surface area contributed by atoms with E-state index in [1.807, 2.05) is 31.2 Å². The molecule has 158 valence electrons. The van der Waals surface area contributed by atoms with E-state index in [0.717, 1.165) is 10.0 Å². The number of rotatable bonds is 8. The van der Waals surface area contributed by atoms with Crippen molar-refractivity contribution < 1.29 is 24.2 Å². The van der Waals surface area contributed by atoms with Crippen LogP contribution in [0.4, 0.5) is 0 Å². The van der Waals surface area contributed by atoms with Gasteiger partial charge in [-0.05, 0) is 55.3 Å². The number of ether oxygens (including phenoxy) is 2. The predicted octanol–water partition coefficient (Wildman–Crippen LogP) is 4.31. The Labute approximate surface area is 184 Å². The second-order valence-corrected chi connectivity index (χ2v) is 7.74. The van der Waals surface area contributed by atoms with Crippen molar-refractivity contribution in [1.29, 1.82) is 0 Å². The average Bonchev–Trinajstić information content (AvgIpc) is 3.01. The van der Waals surface area contributed by atoms with Crippen molar-refractivity contribution in [2.45, 2.75) is 19.4 Å². The summed E-state index contributed by atoms with van der Waals surface area (Å²) in [5.41, 5.74) is 1.28. The van der Waals surface area contributed by atoms with Crippen molar-refractivity contribution >= 4 is 33.4 Å². The van der Waals surface area contributed by atoms with Crippen molar-refractivity contribution in [3.63, 3.8) is 0 Å². The lowest BCUT2D eigenvalue weighted by Crippen LogP contribution is -2.31. The maximum Gasteiger partial charge on any atom is 0.295 e. The molecule has 3 rings (SSSR count). The molecule has 0 aromatic heterocycles. The number of nitrogens with zero attached hydrogens (tertiary/aromatic N) is 1. The minimum Gasteiger partial charge on any atom is -0.507 e. The van der Waals surface area contributed by atoms with Crippen LogP contribution in [0.1, 0.15) is 30.5 Å². The molecular weight excluding hydrogens is 450 g/mol. The fourth-order valence-electron chi connectivity index (χ4n) is 3.52. The van der Waals surface area contributed by atoms with Gasteiger partial charge in [-0.1, -0.05) is 28.1 Å². The van der Waals surface area contributed by atoms with Gasteiger partial charge in [0, 0.05) is 29.8 Å². The molecule has 1 aliphatic rings. The third kappa shape index (κ3) is 4.57. The summed E-state index contributed by atoms with van der Waals surface area (Å²) in [5, 5.41) is 11.0. The molecule has 0 bridgehead atoms. The Bertz CT molecular complexity index is 954. The van der Waals surface area contributed by atoms with Gasteiger partial charge in [-0.25, -0.2) is 0 Å². The first kappa shape index (κ1) is 22.1. The van der Waals surface area contributed by atoms with Gasteiger partial charge in [-0.15, -0.1) is 0 Å². The highest BCUT2D eigenvalue weighted by molar-refractivity contribution is 9.10. The van der Waals surface area contributed by atoms with Crippen LogP contribution in [-0.4, -0.2) is 48.6 Å². The second kappa shape index (κ2) is 9.91. The van der Waals surface area contributed by atoms with E-state index in [0.29, 0.717) is 37.5 Å². The quantitative estimate of drug-likeness (QED) is 0.267. The van der Waals surface area contributed by atoms with E-state index < -0.39 is 17.7 Å². The summed E-state index contributed by atoms with van der Waals surface area (Å²) in [5.74, 6) is -0.879. The highest BCUT2D eigenvalue weighted by atomic mass is 79.9. The molecule has 0 aliphatic carbocycles. The van der Waals surface area contributed by atoms with Crippen LogP contribution in [0, 0.1) is 0 Å². The maximum atomic E-state index is 12.9. The SMILES string of the molecule is CCOCCCN1C(=O)C(=O)C(=C(O)c2ccc(OC)cc2)[C@H]1c1cccc(Br)c1. The molecule has 0 radical (unpaired) electrons. The molecule has 1 atom stereocenters. The standard InChI is InChI=1S/C23H24BrNO5/c1-3-30-13-5-12-25-20(16-6-4-7-17(24)14-16)19(22(27)23(25)28)21(26)15-8-10-18(29-2)11-9-15/h4,6-11,14,20,26H,3,5,12-13H2,1-2H3/t20-/m1/s1. The van der Waals surface area contributed by atoms with Gasteiger partial charge in [0.2, 0.25) is 0 Å². The number of halogens is 1. The van der Waals surface area contributed by atoms with E-state index >= 15 is 0 Å². The molecule has 30 heavy (non-hydrogen) atoms. The minimum absolute atomic E-state index is 0.0830. The fraction of sp³-hybridized carbons (Fsp3) is 0.304. The van der Waals surface area contributed by atoms with E-state index in [4.69, 9.17) is 9.47 Å². The van der Waals surface area contributed by atoms with Gasteiger partial charge >= 0.3 is 0 Å². The molecule has 7 heteroatoms. The van der Waals surface area contributed by atoms with Crippen LogP contribution < -0.4 is 4.74 Å². The van der Waals surface area contributed by atoms with E-state index in [1.54, 1.807) is 31.4 Å². The predicted molar refractivity (Wildman–Crippen MR) is 117 cm³/mol. The number of methoxy groups -OCH3 is 1. The Hall–Kier alpha value is -2.64. The number of aliphatic hydroxyl groups is 1. The number of Topliss-reactive ketones (excluding diaryl/α,β-unsaturated/α-hetero) is 1. The number of carbonyl (C=O) groups excluding carboxylic acids is 2. The zero-order chi connectivity index (χ0) is 21.7. The smallest absolute Gasteiger partial charge is 0.295 e. The van der Waals surface area contributed by atoms with E-state index in [-0.39, 0.29) is 11.3 Å². The van der Waals surface area contributed by atoms with Crippen molar-refractivity contribution in [1.82, 2.24) is 4.90 Å². The third-order valence-corrected chi connectivity index (χ3v) is 5.45. The number of aliphatic hydroxyl groups excluding tert-OH is 1. The molecule has 0 saturated carbocycles. The summed E-state index contributed by atoms with van der Waals surface area (Å²) in [6.45, 7) is 3.33. The number of likely N-dealkylation sites (tertiary alicyclic amines) is 1. The van der Waals surface area contributed by atoms with Crippen LogP contribution in [0.25, 0.3) is 5.76 Å². The summed E-state index contributed by atoms with van der Waals surface area (Å²) in [7, 11) is 1.55. The van der Waals surface area contributed by atoms with Gasteiger partial charge < -0.3 is 19.5 Å². The average molecular weight is 474 g/mol. The number of amides is 1. The lowest BCUT2D eigenvalue weighted by Gasteiger charge is -2.25.